The van der Waals surface area contributed by atoms with E-state index in [0.717, 1.165) is 12.8 Å². The molecule has 0 heterocycles. The van der Waals surface area contributed by atoms with Gasteiger partial charge in [0.05, 0.1) is 0 Å². The van der Waals surface area contributed by atoms with Crippen molar-refractivity contribution in [1.82, 2.24) is 0 Å². The summed E-state index contributed by atoms with van der Waals surface area (Å²) >= 11 is 0. The number of hydrogen-bond acceptors (Lipinski definition) is 2. The molecule has 0 amide bonds. The van der Waals surface area contributed by atoms with Crippen LogP contribution < -0.4 is 0 Å². The Hall–Kier alpha value is -1.96. The van der Waals surface area contributed by atoms with E-state index in [1.807, 2.05) is 12.1 Å². The van der Waals surface area contributed by atoms with E-state index >= 15 is 0 Å². The van der Waals surface area contributed by atoms with Crippen molar-refractivity contribution in [3.05, 3.63) is 58.2 Å². The molecule has 0 unspecified atom stereocenters. The molecule has 36 heavy (non-hydrogen) atoms. The number of fused-ring (bicyclic) bond motifs is 1. The highest BCUT2D eigenvalue weighted by Gasteiger charge is 2.28. The van der Waals surface area contributed by atoms with Gasteiger partial charge in [-0.15, -0.1) is 0 Å². The first-order valence-electron chi connectivity index (χ1n) is 14.2. The van der Waals surface area contributed by atoms with Crippen molar-refractivity contribution >= 4 is 11.6 Å². The molecule has 0 aromatic heterocycles. The number of carbonyl (C=O) groups is 2. The van der Waals surface area contributed by atoms with E-state index in [9.17, 15) is 9.59 Å². The van der Waals surface area contributed by atoms with Crippen molar-refractivity contribution < 1.29 is 9.59 Å². The minimum Gasteiger partial charge on any atom is -0.289 e. The summed E-state index contributed by atoms with van der Waals surface area (Å²) in [5.41, 5.74) is 4.89. The van der Waals surface area contributed by atoms with E-state index in [2.05, 4.69) is 61.5 Å². The Morgan fingerprint density at radius 3 is 1.72 bits per heavy atom. The second kappa shape index (κ2) is 12.5. The lowest BCUT2D eigenvalue weighted by Crippen LogP contribution is -2.20. The second-order valence-corrected chi connectivity index (χ2v) is 14.0. The van der Waals surface area contributed by atoms with Crippen LogP contribution in [0.3, 0.4) is 0 Å². The van der Waals surface area contributed by atoms with Gasteiger partial charge in [0.1, 0.15) is 0 Å². The van der Waals surface area contributed by atoms with Crippen LogP contribution in [0.1, 0.15) is 147 Å². The Bertz CT molecular complexity index is 979. The third-order valence-corrected chi connectivity index (χ3v) is 8.05. The number of hydrogen-bond donors (Lipinski definition) is 0. The van der Waals surface area contributed by atoms with Gasteiger partial charge < -0.3 is 0 Å². The average Bonchev–Trinajstić information content (AvgIpc) is 2.76. The molecule has 2 nitrogen and oxygen atoms in total. The summed E-state index contributed by atoms with van der Waals surface area (Å²) in [6, 6.07) is 7.18. The van der Waals surface area contributed by atoms with Gasteiger partial charge in [0.15, 0.2) is 11.6 Å². The quantitative estimate of drug-likeness (QED) is 0.257. The lowest BCUT2D eigenvalue weighted by molar-refractivity contribution is 0.0973. The fourth-order valence-electron chi connectivity index (χ4n) is 5.41. The minimum atomic E-state index is -0.00890. The van der Waals surface area contributed by atoms with Crippen LogP contribution in [-0.2, 0) is 0 Å². The van der Waals surface area contributed by atoms with Gasteiger partial charge in [-0.3, -0.25) is 9.59 Å². The molecule has 1 aliphatic rings. The Balaban J connectivity index is 1.78. The molecule has 0 aliphatic heterocycles. The van der Waals surface area contributed by atoms with Crippen molar-refractivity contribution in [1.29, 1.82) is 0 Å². The molecule has 0 bridgehead atoms. The molecule has 0 atom stereocenters. The maximum atomic E-state index is 13.0. The summed E-state index contributed by atoms with van der Waals surface area (Å²) in [6.45, 7) is 20.7. The Kier molecular flexibility index (Phi) is 10.5. The predicted molar refractivity (Wildman–Crippen MR) is 155 cm³/mol. The highest BCUT2D eigenvalue weighted by molar-refractivity contribution is 6.26. The molecular formula is C34H52O2. The monoisotopic (exact) mass is 492 g/mol. The lowest BCUT2D eigenvalue weighted by atomic mass is 9.76. The van der Waals surface area contributed by atoms with Gasteiger partial charge in [0.25, 0.3) is 0 Å². The fraction of sp³-hybridized carbons (Fsp3) is 0.647. The largest absolute Gasteiger partial charge is 0.289 e. The number of carbonyl (C=O) groups excluding carboxylic acids is 2. The number of ketones is 2. The van der Waals surface area contributed by atoms with Gasteiger partial charge in [0.2, 0.25) is 0 Å². The number of Topliss-reactive ketones (excluding diaryl/α,β-unsaturated/α-hetero) is 2. The first-order chi connectivity index (χ1) is 16.6. The van der Waals surface area contributed by atoms with Crippen LogP contribution in [0.2, 0.25) is 0 Å². The molecule has 1 aromatic carbocycles. The van der Waals surface area contributed by atoms with Crippen LogP contribution in [-0.4, -0.2) is 11.6 Å². The topological polar surface area (TPSA) is 34.1 Å². The predicted octanol–water partition coefficient (Wildman–Crippen LogP) is 10.3. The zero-order valence-electron chi connectivity index (χ0n) is 24.8. The van der Waals surface area contributed by atoms with Crippen molar-refractivity contribution in [2.45, 2.75) is 127 Å². The third-order valence-electron chi connectivity index (χ3n) is 8.05. The molecule has 0 saturated heterocycles. The average molecular weight is 493 g/mol. The molecule has 2 rings (SSSR count). The summed E-state index contributed by atoms with van der Waals surface area (Å²) in [5, 5.41) is 0. The standard InChI is InChI=1S/C34H52O2/c1-25(18-19-27-26(2)30(35)28-16-10-11-17-29(28)31(27)36)15-12-21-33(6,7)23-14-24-34(8,9)22-13-20-32(3,4)5/h10-11,16-18H,12-15,19-24H2,1-9H3. The number of rotatable bonds is 13. The van der Waals surface area contributed by atoms with E-state index < -0.39 is 0 Å². The summed E-state index contributed by atoms with van der Waals surface area (Å²) in [7, 11) is 0. The van der Waals surface area contributed by atoms with E-state index in [-0.39, 0.29) is 11.6 Å². The Labute approximate surface area is 222 Å². The molecular weight excluding hydrogens is 440 g/mol. The van der Waals surface area contributed by atoms with Crippen molar-refractivity contribution in [3.8, 4) is 0 Å². The normalized spacial score (nSPS) is 15.5. The molecule has 2 heteroatoms. The highest BCUT2D eigenvalue weighted by Crippen LogP contribution is 2.36. The maximum Gasteiger partial charge on any atom is 0.190 e. The molecule has 1 aliphatic carbocycles. The van der Waals surface area contributed by atoms with Crippen LogP contribution in [0.5, 0.6) is 0 Å². The van der Waals surface area contributed by atoms with Crippen LogP contribution in [0.25, 0.3) is 0 Å². The van der Waals surface area contributed by atoms with Gasteiger partial charge in [-0.1, -0.05) is 97.2 Å². The van der Waals surface area contributed by atoms with Gasteiger partial charge >= 0.3 is 0 Å². The van der Waals surface area contributed by atoms with Gasteiger partial charge in [-0.05, 0) is 81.5 Å². The molecule has 0 radical (unpaired) electrons. The van der Waals surface area contributed by atoms with Gasteiger partial charge in [-0.25, -0.2) is 0 Å². The van der Waals surface area contributed by atoms with Crippen LogP contribution in [0.15, 0.2) is 47.1 Å². The Morgan fingerprint density at radius 1 is 0.722 bits per heavy atom. The summed E-state index contributed by atoms with van der Waals surface area (Å²) in [4.78, 5) is 25.7. The van der Waals surface area contributed by atoms with E-state index in [0.29, 0.717) is 44.9 Å². The second-order valence-electron chi connectivity index (χ2n) is 14.0. The van der Waals surface area contributed by atoms with Crippen molar-refractivity contribution in [2.75, 3.05) is 0 Å². The number of allylic oxidation sites excluding steroid dienone is 4. The van der Waals surface area contributed by atoms with Crippen LogP contribution in [0.4, 0.5) is 0 Å². The first kappa shape index (κ1) is 30.3. The summed E-state index contributed by atoms with van der Waals surface area (Å²) in [5.74, 6) is -0.000374. The summed E-state index contributed by atoms with van der Waals surface area (Å²) in [6.07, 6.45) is 14.0. The third kappa shape index (κ3) is 9.49. The number of benzene rings is 1. The Morgan fingerprint density at radius 2 is 1.19 bits per heavy atom. The van der Waals surface area contributed by atoms with Gasteiger partial charge in [-0.2, -0.15) is 0 Å². The molecule has 0 spiro atoms. The van der Waals surface area contributed by atoms with E-state index in [4.69, 9.17) is 0 Å². The fourth-order valence-corrected chi connectivity index (χ4v) is 5.41. The van der Waals surface area contributed by atoms with Crippen molar-refractivity contribution in [2.24, 2.45) is 16.2 Å². The van der Waals surface area contributed by atoms with E-state index in [1.165, 1.54) is 50.5 Å². The highest BCUT2D eigenvalue weighted by atomic mass is 16.1. The molecule has 1 aromatic rings. The van der Waals surface area contributed by atoms with E-state index in [1.54, 1.807) is 19.1 Å². The van der Waals surface area contributed by atoms with Crippen molar-refractivity contribution in [3.63, 3.8) is 0 Å². The van der Waals surface area contributed by atoms with Crippen LogP contribution in [0, 0.1) is 16.2 Å². The smallest absolute Gasteiger partial charge is 0.190 e. The molecule has 0 fully saturated rings. The first-order valence-corrected chi connectivity index (χ1v) is 14.2. The zero-order chi connectivity index (χ0) is 27.1. The minimum absolute atomic E-state index is 0.00853. The molecule has 200 valence electrons. The molecule has 0 N–H and O–H groups in total. The van der Waals surface area contributed by atoms with Gasteiger partial charge in [0, 0.05) is 22.3 Å². The zero-order valence-corrected chi connectivity index (χ0v) is 24.8. The molecule has 0 saturated carbocycles. The lowest BCUT2D eigenvalue weighted by Gasteiger charge is -2.30. The SMILES string of the molecule is CC(=CCC1=C(C)C(=O)c2ccccc2C1=O)CCCC(C)(C)CCCC(C)(C)CCCC(C)(C)C. The summed E-state index contributed by atoms with van der Waals surface area (Å²) < 4.78 is 0. The maximum absolute atomic E-state index is 13.0. The van der Waals surface area contributed by atoms with Crippen LogP contribution >= 0.6 is 0 Å².